The smallest absolute Gasteiger partial charge is 0.251 e. The Balaban J connectivity index is 1.74. The average molecular weight is 394 g/mol. The lowest BCUT2D eigenvalue weighted by Crippen LogP contribution is -2.28. The molecule has 2 aromatic carbocycles. The van der Waals surface area contributed by atoms with Crippen molar-refractivity contribution in [2.45, 2.75) is 6.42 Å². The largest absolute Gasteiger partial charge is 0.375 e. The Labute approximate surface area is 139 Å². The highest BCUT2D eigenvalue weighted by Crippen LogP contribution is 2.11. The Morgan fingerprint density at radius 2 is 1.90 bits per heavy atom. The van der Waals surface area contributed by atoms with E-state index in [1.54, 1.807) is 0 Å². The summed E-state index contributed by atoms with van der Waals surface area (Å²) in [6, 6.07) is 17.9. The molecule has 110 valence electrons. The molecule has 0 spiro atoms. The Morgan fingerprint density at radius 1 is 1.14 bits per heavy atom. The minimum atomic E-state index is -0.00381. The molecule has 0 aliphatic heterocycles. The van der Waals surface area contributed by atoms with Crippen LogP contribution in [0.2, 0.25) is 0 Å². The molecule has 0 radical (unpaired) electrons. The van der Waals surface area contributed by atoms with Crippen molar-refractivity contribution < 1.29 is 4.79 Å². The maximum absolute atomic E-state index is 12.0. The highest BCUT2D eigenvalue weighted by Gasteiger charge is 2.05. The van der Waals surface area contributed by atoms with Gasteiger partial charge < -0.3 is 10.2 Å². The molecule has 0 saturated carbocycles. The zero-order valence-electron chi connectivity index (χ0n) is 12.1. The summed E-state index contributed by atoms with van der Waals surface area (Å²) in [4.78, 5) is 14.2. The van der Waals surface area contributed by atoms with Crippen LogP contribution in [0, 0.1) is 3.57 Å². The maximum Gasteiger partial charge on any atom is 0.251 e. The lowest BCUT2D eigenvalue weighted by molar-refractivity contribution is 0.0953. The zero-order chi connectivity index (χ0) is 15.1. The number of carbonyl (C=O) groups is 1. The summed E-state index contributed by atoms with van der Waals surface area (Å²) in [7, 11) is 2.07. The fourth-order valence-corrected chi connectivity index (χ4v) is 2.60. The van der Waals surface area contributed by atoms with Crippen molar-refractivity contribution >= 4 is 34.2 Å². The third-order valence-electron chi connectivity index (χ3n) is 3.24. The Kier molecular flexibility index (Phi) is 6.04. The molecule has 0 atom stereocenters. The summed E-state index contributed by atoms with van der Waals surface area (Å²) < 4.78 is 1.07. The number of hydrogen-bond acceptors (Lipinski definition) is 2. The van der Waals surface area contributed by atoms with Gasteiger partial charge in [0.1, 0.15) is 0 Å². The minimum absolute atomic E-state index is 0.00381. The number of anilines is 1. The normalized spacial score (nSPS) is 10.2. The molecule has 3 nitrogen and oxygen atoms in total. The molecule has 1 N–H and O–H groups in total. The molecular weight excluding hydrogens is 375 g/mol. The van der Waals surface area contributed by atoms with Crippen molar-refractivity contribution in [2.75, 3.05) is 25.0 Å². The maximum atomic E-state index is 12.0. The van der Waals surface area contributed by atoms with E-state index < -0.39 is 0 Å². The topological polar surface area (TPSA) is 32.3 Å². The van der Waals surface area contributed by atoms with Crippen molar-refractivity contribution in [1.82, 2.24) is 5.32 Å². The molecule has 0 saturated heterocycles. The van der Waals surface area contributed by atoms with Crippen LogP contribution >= 0.6 is 22.6 Å². The molecule has 2 rings (SSSR count). The number of nitrogens with one attached hydrogen (secondary N) is 1. The van der Waals surface area contributed by atoms with Crippen LogP contribution in [0.3, 0.4) is 0 Å². The monoisotopic (exact) mass is 394 g/mol. The van der Waals surface area contributed by atoms with Gasteiger partial charge in [0.2, 0.25) is 0 Å². The number of para-hydroxylation sites is 1. The number of halogens is 1. The van der Waals surface area contributed by atoms with Crippen LogP contribution in [0.5, 0.6) is 0 Å². The first-order chi connectivity index (χ1) is 10.2. The van der Waals surface area contributed by atoms with E-state index in [1.807, 2.05) is 42.5 Å². The van der Waals surface area contributed by atoms with E-state index in [0.29, 0.717) is 6.54 Å². The number of carbonyl (C=O) groups excluding carboxylic acids is 1. The van der Waals surface area contributed by atoms with Gasteiger partial charge in [-0.2, -0.15) is 0 Å². The molecule has 1 amide bonds. The first-order valence-corrected chi connectivity index (χ1v) is 8.04. The van der Waals surface area contributed by atoms with Crippen LogP contribution in [0.1, 0.15) is 16.8 Å². The van der Waals surface area contributed by atoms with E-state index in [0.717, 1.165) is 22.1 Å². The summed E-state index contributed by atoms with van der Waals surface area (Å²) in [6.07, 6.45) is 0.918. The van der Waals surface area contributed by atoms with E-state index in [-0.39, 0.29) is 5.91 Å². The lowest BCUT2D eigenvalue weighted by atomic mass is 10.2. The molecule has 0 fully saturated rings. The molecule has 0 aromatic heterocycles. The second-order valence-corrected chi connectivity index (χ2v) is 6.12. The van der Waals surface area contributed by atoms with Crippen molar-refractivity contribution in [2.24, 2.45) is 0 Å². The van der Waals surface area contributed by atoms with Crippen LogP contribution in [-0.4, -0.2) is 26.0 Å². The predicted molar refractivity (Wildman–Crippen MR) is 95.8 cm³/mol. The molecule has 0 aliphatic carbocycles. The van der Waals surface area contributed by atoms with Crippen molar-refractivity contribution in [1.29, 1.82) is 0 Å². The van der Waals surface area contributed by atoms with Crippen molar-refractivity contribution in [3.63, 3.8) is 0 Å². The summed E-state index contributed by atoms with van der Waals surface area (Å²) >= 11 is 2.21. The average Bonchev–Trinajstić information content (AvgIpc) is 2.52. The van der Waals surface area contributed by atoms with Gasteiger partial charge in [-0.1, -0.05) is 24.3 Å². The van der Waals surface area contributed by atoms with Gasteiger partial charge in [-0.3, -0.25) is 4.79 Å². The van der Waals surface area contributed by atoms with Crippen LogP contribution in [0.15, 0.2) is 54.6 Å². The van der Waals surface area contributed by atoms with Gasteiger partial charge in [0.25, 0.3) is 5.91 Å². The number of nitrogens with zero attached hydrogens (tertiary/aromatic N) is 1. The summed E-state index contributed by atoms with van der Waals surface area (Å²) in [5.41, 5.74) is 1.92. The lowest BCUT2D eigenvalue weighted by Gasteiger charge is -2.19. The van der Waals surface area contributed by atoms with E-state index in [4.69, 9.17) is 0 Å². The van der Waals surface area contributed by atoms with Gasteiger partial charge in [-0.05, 0) is 59.3 Å². The van der Waals surface area contributed by atoms with E-state index in [2.05, 4.69) is 52.0 Å². The minimum Gasteiger partial charge on any atom is -0.375 e. The van der Waals surface area contributed by atoms with Gasteiger partial charge in [0.15, 0.2) is 0 Å². The van der Waals surface area contributed by atoms with Gasteiger partial charge in [-0.25, -0.2) is 0 Å². The van der Waals surface area contributed by atoms with Crippen molar-refractivity contribution in [3.8, 4) is 0 Å². The summed E-state index contributed by atoms with van der Waals surface area (Å²) in [6.45, 7) is 1.60. The molecular formula is C17H19IN2O. The van der Waals surface area contributed by atoms with Crippen molar-refractivity contribution in [3.05, 3.63) is 63.7 Å². The van der Waals surface area contributed by atoms with Gasteiger partial charge in [0, 0.05) is 35.0 Å². The highest BCUT2D eigenvalue weighted by atomic mass is 127. The third kappa shape index (κ3) is 5.04. The van der Waals surface area contributed by atoms with E-state index in [9.17, 15) is 4.79 Å². The molecule has 4 heteroatoms. The number of benzene rings is 2. The van der Waals surface area contributed by atoms with E-state index >= 15 is 0 Å². The van der Waals surface area contributed by atoms with Crippen LogP contribution < -0.4 is 10.2 Å². The number of hydrogen-bond donors (Lipinski definition) is 1. The molecule has 0 aliphatic rings. The van der Waals surface area contributed by atoms with E-state index in [1.165, 1.54) is 5.69 Å². The fraction of sp³-hybridized carbons (Fsp3) is 0.235. The summed E-state index contributed by atoms with van der Waals surface area (Å²) in [5.74, 6) is -0.00381. The summed E-state index contributed by atoms with van der Waals surface area (Å²) in [5, 5.41) is 2.96. The fourth-order valence-electron chi connectivity index (χ4n) is 2.06. The second kappa shape index (κ2) is 8.02. The zero-order valence-corrected chi connectivity index (χ0v) is 14.2. The number of amides is 1. The molecule has 21 heavy (non-hydrogen) atoms. The quantitative estimate of drug-likeness (QED) is 0.601. The second-order valence-electron chi connectivity index (χ2n) is 4.88. The SMILES string of the molecule is CN(CCCNC(=O)c1cccc(I)c1)c1ccccc1. The van der Waals surface area contributed by atoms with Gasteiger partial charge >= 0.3 is 0 Å². The molecule has 0 bridgehead atoms. The van der Waals surface area contributed by atoms with Gasteiger partial charge in [0.05, 0.1) is 0 Å². The van der Waals surface area contributed by atoms with Crippen LogP contribution in [0.4, 0.5) is 5.69 Å². The highest BCUT2D eigenvalue weighted by molar-refractivity contribution is 14.1. The molecule has 2 aromatic rings. The Morgan fingerprint density at radius 3 is 2.62 bits per heavy atom. The predicted octanol–water partition coefficient (Wildman–Crippen LogP) is 3.55. The molecule has 0 unspecified atom stereocenters. The van der Waals surface area contributed by atoms with Crippen LogP contribution in [-0.2, 0) is 0 Å². The standard InChI is InChI=1S/C17H19IN2O/c1-20(16-9-3-2-4-10-16)12-6-11-19-17(21)14-7-5-8-15(18)13-14/h2-5,7-10,13H,6,11-12H2,1H3,(H,19,21). The van der Waals surface area contributed by atoms with Crippen LogP contribution in [0.25, 0.3) is 0 Å². The Hall–Kier alpha value is -1.56. The third-order valence-corrected chi connectivity index (χ3v) is 3.91. The first kappa shape index (κ1) is 15.8. The number of rotatable bonds is 6. The van der Waals surface area contributed by atoms with Gasteiger partial charge in [-0.15, -0.1) is 0 Å². The Bertz CT molecular complexity index is 586. The molecule has 0 heterocycles. The first-order valence-electron chi connectivity index (χ1n) is 6.97.